The zero-order chi connectivity index (χ0) is 20.9. The van der Waals surface area contributed by atoms with Crippen molar-refractivity contribution in [3.63, 3.8) is 0 Å². The Hall–Kier alpha value is -1.54. The van der Waals surface area contributed by atoms with Gasteiger partial charge >= 0.3 is 30.3 Å². The molecule has 0 saturated carbocycles. The van der Waals surface area contributed by atoms with Gasteiger partial charge in [0.2, 0.25) is 0 Å². The summed E-state index contributed by atoms with van der Waals surface area (Å²) in [6, 6.07) is -0.896. The molecule has 0 spiro atoms. The van der Waals surface area contributed by atoms with Crippen LogP contribution in [0.3, 0.4) is 0 Å². The van der Waals surface area contributed by atoms with E-state index in [1.807, 2.05) is 0 Å². The molecule has 1 atom stereocenters. The molecular weight excluding hydrogens is 470 g/mol. The minimum atomic E-state index is -7.05. The monoisotopic (exact) mass is 473 g/mol. The van der Waals surface area contributed by atoms with E-state index in [4.69, 9.17) is 5.73 Å². The number of ether oxygens (including phenoxy) is 1. The molecule has 26 heavy (non-hydrogen) atoms. The van der Waals surface area contributed by atoms with Crippen LogP contribution < -0.4 is 10.5 Å². The number of rotatable bonds is 3. The maximum atomic E-state index is 14.2. The molecule has 1 aromatic carbocycles. The normalized spacial score (nSPS) is 16.3. The summed E-state index contributed by atoms with van der Waals surface area (Å²) in [5, 5.41) is 0. The molecule has 2 nitrogen and oxygen atoms in total. The molecule has 0 saturated heterocycles. The van der Waals surface area contributed by atoms with Crippen molar-refractivity contribution in [2.45, 2.75) is 30.3 Å². The Labute approximate surface area is 144 Å². The highest BCUT2D eigenvalue weighted by Gasteiger charge is 2.81. The summed E-state index contributed by atoms with van der Waals surface area (Å²) in [7, 11) is 0. The topological polar surface area (TPSA) is 35.2 Å². The van der Waals surface area contributed by atoms with Crippen LogP contribution in [0.5, 0.6) is 5.75 Å². The summed E-state index contributed by atoms with van der Waals surface area (Å²) in [4.78, 5) is 0. The second-order valence-corrected chi connectivity index (χ2v) is 5.50. The number of alkyl halides is 12. The van der Waals surface area contributed by atoms with Gasteiger partial charge in [0, 0.05) is 10.0 Å². The molecule has 0 radical (unpaired) electrons. The molecule has 0 aliphatic carbocycles. The van der Waals surface area contributed by atoms with Crippen molar-refractivity contribution in [2.75, 3.05) is 5.73 Å². The summed E-state index contributed by atoms with van der Waals surface area (Å²) in [6.07, 6.45) is -19.5. The van der Waals surface area contributed by atoms with E-state index in [9.17, 15) is 52.7 Å². The van der Waals surface area contributed by atoms with E-state index < -0.39 is 57.8 Å². The lowest BCUT2D eigenvalue weighted by Gasteiger charge is -2.36. The molecule has 150 valence electrons. The number of nitrogens with two attached hydrogens (primary N) is 1. The second kappa shape index (κ2) is 6.27. The lowest BCUT2D eigenvalue weighted by molar-refractivity contribution is -0.389. The molecule has 0 aliphatic heterocycles. The maximum absolute atomic E-state index is 14.2. The Bertz CT molecular complexity index is 679. The van der Waals surface area contributed by atoms with Crippen molar-refractivity contribution in [3.05, 3.63) is 22.2 Å². The van der Waals surface area contributed by atoms with Crippen molar-refractivity contribution >= 4 is 21.6 Å². The van der Waals surface area contributed by atoms with Gasteiger partial charge in [-0.2, -0.15) is 35.1 Å². The summed E-state index contributed by atoms with van der Waals surface area (Å²) in [5.41, 5.74) is -5.04. The number of hydrogen-bond donors (Lipinski definition) is 1. The van der Waals surface area contributed by atoms with Gasteiger partial charge in [0.15, 0.2) is 5.75 Å². The largest absolute Gasteiger partial charge is 0.573 e. The second-order valence-electron chi connectivity index (χ2n) is 4.65. The van der Waals surface area contributed by atoms with Crippen LogP contribution in [-0.2, 0) is 5.67 Å². The van der Waals surface area contributed by atoms with Gasteiger partial charge in [0.25, 0.3) is 0 Å². The molecule has 1 unspecified atom stereocenters. The van der Waals surface area contributed by atoms with Gasteiger partial charge < -0.3 is 10.5 Å². The quantitative estimate of drug-likeness (QED) is 0.441. The minimum absolute atomic E-state index is 0.258. The van der Waals surface area contributed by atoms with Gasteiger partial charge in [0.1, 0.15) is 0 Å². The first-order valence-corrected chi connectivity index (χ1v) is 6.60. The lowest BCUT2D eigenvalue weighted by Crippen LogP contribution is -2.59. The van der Waals surface area contributed by atoms with Crippen LogP contribution in [0.15, 0.2) is 16.6 Å². The molecule has 0 heterocycles. The average Bonchev–Trinajstić information content (AvgIpc) is 2.38. The highest BCUT2D eigenvalue weighted by molar-refractivity contribution is 9.10. The van der Waals surface area contributed by atoms with E-state index in [1.54, 1.807) is 0 Å². The van der Waals surface area contributed by atoms with Crippen LogP contribution in [0, 0.1) is 0 Å². The van der Waals surface area contributed by atoms with E-state index in [0.717, 1.165) is 0 Å². The first kappa shape index (κ1) is 22.5. The summed E-state index contributed by atoms with van der Waals surface area (Å²) >= 11 is 2.25. The Morgan fingerprint density at radius 1 is 0.769 bits per heavy atom. The Morgan fingerprint density at radius 3 is 1.58 bits per heavy atom. The van der Waals surface area contributed by atoms with Crippen LogP contribution in [0.1, 0.15) is 5.56 Å². The van der Waals surface area contributed by atoms with Crippen molar-refractivity contribution in [1.82, 2.24) is 0 Å². The van der Waals surface area contributed by atoms with Gasteiger partial charge in [-0.25, -0.2) is 4.39 Å². The zero-order valence-corrected chi connectivity index (χ0v) is 13.1. The van der Waals surface area contributed by atoms with Crippen LogP contribution in [0.25, 0.3) is 0 Å². The Morgan fingerprint density at radius 2 is 1.23 bits per heavy atom. The molecule has 15 heteroatoms. The highest BCUT2D eigenvalue weighted by atomic mass is 79.9. The van der Waals surface area contributed by atoms with Gasteiger partial charge in [-0.1, -0.05) is 0 Å². The molecule has 0 aliphatic rings. The molecule has 1 aromatic rings. The SMILES string of the molecule is Nc1c(Br)cc(C(F)(C(F)(F)F)C(F)(F)C(F)(F)F)cc1OC(F)(F)F. The van der Waals surface area contributed by atoms with Gasteiger partial charge in [0.05, 0.1) is 5.69 Å². The first-order valence-electron chi connectivity index (χ1n) is 5.81. The van der Waals surface area contributed by atoms with Crippen molar-refractivity contribution in [1.29, 1.82) is 0 Å². The highest BCUT2D eigenvalue weighted by Crippen LogP contribution is 2.59. The fourth-order valence-electron chi connectivity index (χ4n) is 1.72. The number of nitrogen functional groups attached to an aromatic ring is 1. The van der Waals surface area contributed by atoms with E-state index >= 15 is 0 Å². The average molecular weight is 474 g/mol. The van der Waals surface area contributed by atoms with Gasteiger partial charge in [-0.05, 0) is 28.1 Å². The van der Waals surface area contributed by atoms with Crippen molar-refractivity contribution in [3.8, 4) is 5.75 Å². The smallest absolute Gasteiger partial charge is 0.404 e. The molecular formula is C11H4BrF12NO. The van der Waals surface area contributed by atoms with Crippen LogP contribution >= 0.6 is 15.9 Å². The van der Waals surface area contributed by atoms with Crippen LogP contribution in [-0.4, -0.2) is 24.6 Å². The number of halogens is 13. The minimum Gasteiger partial charge on any atom is -0.404 e. The van der Waals surface area contributed by atoms with E-state index in [-0.39, 0.29) is 6.07 Å². The van der Waals surface area contributed by atoms with Gasteiger partial charge in [-0.3, -0.25) is 0 Å². The predicted octanol–water partition coefficient (Wildman–Crippen LogP) is 5.85. The zero-order valence-electron chi connectivity index (χ0n) is 11.6. The van der Waals surface area contributed by atoms with Crippen molar-refractivity contribution in [2.24, 2.45) is 0 Å². The van der Waals surface area contributed by atoms with Crippen molar-refractivity contribution < 1.29 is 57.4 Å². The number of benzene rings is 1. The molecule has 1 rings (SSSR count). The first-order chi connectivity index (χ1) is 11.3. The van der Waals surface area contributed by atoms with E-state index in [1.165, 1.54) is 0 Å². The summed E-state index contributed by atoms with van der Waals surface area (Å²) in [5.74, 6) is -8.87. The molecule has 0 bridgehead atoms. The molecule has 2 N–H and O–H groups in total. The Balaban J connectivity index is 3.81. The third kappa shape index (κ3) is 3.76. The molecule has 0 amide bonds. The third-order valence-corrected chi connectivity index (χ3v) is 3.55. The lowest BCUT2D eigenvalue weighted by atomic mass is 9.87. The fourth-order valence-corrected chi connectivity index (χ4v) is 2.16. The van der Waals surface area contributed by atoms with E-state index in [2.05, 4.69) is 20.7 Å². The fraction of sp³-hybridized carbons (Fsp3) is 0.455. The standard InChI is InChI=1S/C11H4BrF12NO/c12-4-1-3(2-5(6(4)25)26-11(22,23)24)7(13,9(16,17)18)8(14,15)10(19,20)21/h1-2H,25H2. The predicted molar refractivity (Wildman–Crippen MR) is 65.1 cm³/mol. The maximum Gasteiger partial charge on any atom is 0.573 e. The van der Waals surface area contributed by atoms with Crippen LogP contribution in [0.4, 0.5) is 58.4 Å². The summed E-state index contributed by atoms with van der Waals surface area (Å²) < 4.78 is 155. The van der Waals surface area contributed by atoms with Gasteiger partial charge in [-0.15, -0.1) is 13.2 Å². The number of hydrogen-bond acceptors (Lipinski definition) is 2. The third-order valence-electron chi connectivity index (χ3n) is 2.89. The summed E-state index contributed by atoms with van der Waals surface area (Å²) in [6.45, 7) is 0. The Kier molecular flexibility index (Phi) is 5.42. The van der Waals surface area contributed by atoms with E-state index in [0.29, 0.717) is 0 Å². The molecule has 0 aromatic heterocycles. The molecule has 0 fully saturated rings. The van der Waals surface area contributed by atoms with Crippen LogP contribution in [0.2, 0.25) is 0 Å². The number of anilines is 1.